The summed E-state index contributed by atoms with van der Waals surface area (Å²) in [7, 11) is 0. The van der Waals surface area contributed by atoms with Crippen molar-refractivity contribution in [3.8, 4) is 5.75 Å². The number of esters is 1. The van der Waals surface area contributed by atoms with Gasteiger partial charge in [-0.25, -0.2) is 9.97 Å². The Morgan fingerprint density at radius 3 is 2.42 bits per heavy atom. The van der Waals surface area contributed by atoms with Gasteiger partial charge in [0.2, 0.25) is 0 Å². The van der Waals surface area contributed by atoms with Gasteiger partial charge in [-0.2, -0.15) is 0 Å². The topological polar surface area (TPSA) is 99.2 Å². The van der Waals surface area contributed by atoms with Gasteiger partial charge in [0.25, 0.3) is 0 Å². The molecule has 4 aromatic rings. The van der Waals surface area contributed by atoms with Crippen LogP contribution in [0.4, 0.5) is 0 Å². The number of carbonyl (C=O) groups is 2. The maximum Gasteiger partial charge on any atom is 0.313 e. The highest BCUT2D eigenvalue weighted by Gasteiger charge is 2.22. The van der Waals surface area contributed by atoms with Crippen LogP contribution in [0.25, 0.3) is 0 Å². The number of aliphatic carboxylic acids is 1. The Hall–Kier alpha value is -4.20. The quantitative estimate of drug-likeness (QED) is 0.309. The van der Waals surface area contributed by atoms with Crippen molar-refractivity contribution in [2.45, 2.75) is 31.8 Å². The van der Waals surface area contributed by atoms with Gasteiger partial charge in [-0.15, -0.1) is 0 Å². The van der Waals surface area contributed by atoms with Crippen molar-refractivity contribution in [1.82, 2.24) is 19.1 Å². The van der Waals surface area contributed by atoms with Gasteiger partial charge in [-0.05, 0) is 30.2 Å². The zero-order valence-corrected chi connectivity index (χ0v) is 18.1. The van der Waals surface area contributed by atoms with Gasteiger partial charge in [0, 0.05) is 24.8 Å². The molecular weight excluding hydrogens is 420 g/mol. The van der Waals surface area contributed by atoms with E-state index in [2.05, 4.69) is 9.97 Å². The number of imidazole rings is 2. The second-order valence-corrected chi connectivity index (χ2v) is 7.68. The average Bonchev–Trinajstić information content (AvgIpc) is 3.48. The number of rotatable bonds is 9. The molecule has 0 fully saturated rings. The lowest BCUT2D eigenvalue weighted by Crippen LogP contribution is -2.18. The highest BCUT2D eigenvalue weighted by atomic mass is 16.5. The molecule has 2 unspecified atom stereocenters. The zero-order chi connectivity index (χ0) is 23.2. The Morgan fingerprint density at radius 1 is 0.970 bits per heavy atom. The van der Waals surface area contributed by atoms with E-state index in [4.69, 9.17) is 4.74 Å². The highest BCUT2D eigenvalue weighted by molar-refractivity contribution is 5.73. The molecule has 4 rings (SSSR count). The molecule has 2 atom stereocenters. The lowest BCUT2D eigenvalue weighted by atomic mass is 10.0. The van der Waals surface area contributed by atoms with Gasteiger partial charge in [0.1, 0.15) is 11.6 Å². The number of ether oxygens (including phenoxy) is 1. The lowest BCUT2D eigenvalue weighted by molar-refractivity contribution is -0.138. The smallest absolute Gasteiger partial charge is 0.313 e. The molecule has 0 aliphatic heterocycles. The molecular formula is C25H24N4O4. The van der Waals surface area contributed by atoms with Crippen molar-refractivity contribution in [2.24, 2.45) is 0 Å². The first-order chi connectivity index (χ1) is 16.0. The van der Waals surface area contributed by atoms with Crippen LogP contribution >= 0.6 is 0 Å². The van der Waals surface area contributed by atoms with E-state index in [9.17, 15) is 14.7 Å². The van der Waals surface area contributed by atoms with Crippen molar-refractivity contribution >= 4 is 11.9 Å². The van der Waals surface area contributed by atoms with Gasteiger partial charge in [-0.1, -0.05) is 42.5 Å². The summed E-state index contributed by atoms with van der Waals surface area (Å²) in [5.41, 5.74) is 1.69. The van der Waals surface area contributed by atoms with Crippen LogP contribution in [0.15, 0.2) is 85.7 Å². The molecule has 0 saturated carbocycles. The maximum absolute atomic E-state index is 12.9. The van der Waals surface area contributed by atoms with E-state index in [-0.39, 0.29) is 18.9 Å². The summed E-state index contributed by atoms with van der Waals surface area (Å²) in [5, 5.41) is 9.42. The van der Waals surface area contributed by atoms with E-state index in [0.29, 0.717) is 11.6 Å². The van der Waals surface area contributed by atoms with E-state index in [0.717, 1.165) is 11.1 Å². The molecule has 0 aliphatic carbocycles. The molecule has 33 heavy (non-hydrogen) atoms. The predicted octanol–water partition coefficient (Wildman–Crippen LogP) is 4.04. The molecule has 0 aliphatic rings. The van der Waals surface area contributed by atoms with Crippen molar-refractivity contribution in [3.05, 3.63) is 103 Å². The summed E-state index contributed by atoms with van der Waals surface area (Å²) in [5.74, 6) is -0.261. The number of hydrogen-bond donors (Lipinski definition) is 1. The summed E-state index contributed by atoms with van der Waals surface area (Å²) >= 11 is 0. The first kappa shape index (κ1) is 22.0. The monoisotopic (exact) mass is 444 g/mol. The van der Waals surface area contributed by atoms with Crippen molar-refractivity contribution in [2.75, 3.05) is 0 Å². The van der Waals surface area contributed by atoms with Crippen LogP contribution in [0, 0.1) is 6.92 Å². The molecule has 8 heteroatoms. The first-order valence-corrected chi connectivity index (χ1v) is 10.6. The number of aromatic nitrogens is 4. The van der Waals surface area contributed by atoms with Crippen molar-refractivity contribution in [1.29, 1.82) is 0 Å². The molecule has 0 saturated heterocycles. The predicted molar refractivity (Wildman–Crippen MR) is 121 cm³/mol. The Balaban J connectivity index is 1.54. The minimum absolute atomic E-state index is 0.115. The van der Waals surface area contributed by atoms with Gasteiger partial charge >= 0.3 is 11.9 Å². The third-order valence-electron chi connectivity index (χ3n) is 5.47. The second-order valence-electron chi connectivity index (χ2n) is 7.68. The number of carboxylic acids is 1. The number of carboxylic acid groups (broad SMARTS) is 1. The molecule has 2 heterocycles. The van der Waals surface area contributed by atoms with E-state index >= 15 is 0 Å². The summed E-state index contributed by atoms with van der Waals surface area (Å²) in [6.45, 7) is 1.82. The largest absolute Gasteiger partial charge is 0.481 e. The standard InChI is InChI=1S/C25H24N4O4/c1-18-27-11-13-29(18)23(15-24(30)31)20-8-5-9-21(14-20)33-25(32)16-22(28-12-10-26-17-28)19-6-3-2-4-7-19/h2-14,17,22-23H,15-16H2,1H3,(H,30,31). The van der Waals surface area contributed by atoms with Crippen LogP contribution in [-0.2, 0) is 9.59 Å². The van der Waals surface area contributed by atoms with Crippen LogP contribution in [0.2, 0.25) is 0 Å². The van der Waals surface area contributed by atoms with Crippen molar-refractivity contribution < 1.29 is 19.4 Å². The van der Waals surface area contributed by atoms with Crippen LogP contribution in [0.3, 0.4) is 0 Å². The molecule has 8 nitrogen and oxygen atoms in total. The second kappa shape index (κ2) is 9.95. The molecule has 0 spiro atoms. The van der Waals surface area contributed by atoms with E-state index in [1.54, 1.807) is 47.7 Å². The Kier molecular flexibility index (Phi) is 6.64. The molecule has 0 bridgehead atoms. The molecule has 2 aromatic heterocycles. The number of nitrogens with zero attached hydrogens (tertiary/aromatic N) is 4. The molecule has 0 amide bonds. The van der Waals surface area contributed by atoms with Gasteiger partial charge in [-0.3, -0.25) is 9.59 Å². The Labute approximate surface area is 191 Å². The normalized spacial score (nSPS) is 12.8. The summed E-state index contributed by atoms with van der Waals surface area (Å²) in [4.78, 5) is 32.7. The van der Waals surface area contributed by atoms with Gasteiger partial charge in [0.15, 0.2) is 0 Å². The molecule has 0 radical (unpaired) electrons. The Morgan fingerprint density at radius 2 is 1.76 bits per heavy atom. The number of hydrogen-bond acceptors (Lipinski definition) is 5. The number of aryl methyl sites for hydroxylation is 1. The van der Waals surface area contributed by atoms with Crippen molar-refractivity contribution in [3.63, 3.8) is 0 Å². The fraction of sp³-hybridized carbons (Fsp3) is 0.200. The van der Waals surface area contributed by atoms with E-state index < -0.39 is 18.0 Å². The highest BCUT2D eigenvalue weighted by Crippen LogP contribution is 2.28. The van der Waals surface area contributed by atoms with Crippen LogP contribution in [0.5, 0.6) is 5.75 Å². The van der Waals surface area contributed by atoms with Crippen LogP contribution in [-0.4, -0.2) is 36.1 Å². The van der Waals surface area contributed by atoms with E-state index in [1.807, 2.05) is 54.1 Å². The lowest BCUT2D eigenvalue weighted by Gasteiger charge is -2.20. The third kappa shape index (κ3) is 5.35. The zero-order valence-electron chi connectivity index (χ0n) is 18.1. The first-order valence-electron chi connectivity index (χ1n) is 10.6. The number of carbonyl (C=O) groups excluding carboxylic acids is 1. The Bertz CT molecular complexity index is 1220. The SMILES string of the molecule is Cc1nccn1C(CC(=O)O)c1cccc(OC(=O)CC(c2ccccc2)n2ccnc2)c1. The summed E-state index contributed by atoms with van der Waals surface area (Å²) < 4.78 is 9.34. The summed E-state index contributed by atoms with van der Waals surface area (Å²) in [6, 6.07) is 16.0. The third-order valence-corrected chi connectivity index (χ3v) is 5.47. The average molecular weight is 444 g/mol. The van der Waals surface area contributed by atoms with Crippen LogP contribution in [0.1, 0.15) is 41.9 Å². The summed E-state index contributed by atoms with van der Waals surface area (Å²) in [6.07, 6.45) is 8.54. The fourth-order valence-corrected chi connectivity index (χ4v) is 3.90. The molecule has 1 N–H and O–H groups in total. The van der Waals surface area contributed by atoms with E-state index in [1.165, 1.54) is 0 Å². The minimum Gasteiger partial charge on any atom is -0.481 e. The number of benzene rings is 2. The minimum atomic E-state index is -0.929. The van der Waals surface area contributed by atoms with Gasteiger partial charge < -0.3 is 19.0 Å². The maximum atomic E-state index is 12.9. The van der Waals surface area contributed by atoms with Gasteiger partial charge in [0.05, 0.1) is 31.3 Å². The fourth-order valence-electron chi connectivity index (χ4n) is 3.90. The van der Waals surface area contributed by atoms with Crippen LogP contribution < -0.4 is 4.74 Å². The molecule has 2 aromatic carbocycles. The molecule has 168 valence electrons.